The molecule has 0 saturated carbocycles. The van der Waals surface area contributed by atoms with Crippen molar-refractivity contribution in [2.75, 3.05) is 19.8 Å². The van der Waals surface area contributed by atoms with Gasteiger partial charge in [0.15, 0.2) is 0 Å². The topological polar surface area (TPSA) is 116 Å². The molecular formula is C15H21N3O3. The Hall–Kier alpha value is -1.02. The van der Waals surface area contributed by atoms with Gasteiger partial charge in [-0.1, -0.05) is 0 Å². The molecule has 6 nitrogen and oxygen atoms in total. The molecule has 4 rings (SSSR count). The second-order valence-electron chi connectivity index (χ2n) is 5.75. The molecule has 0 unspecified atom stereocenters. The smallest absolute Gasteiger partial charge is 0.107 e. The Labute approximate surface area is 123 Å². The zero-order valence-corrected chi connectivity index (χ0v) is 11.9. The van der Waals surface area contributed by atoms with Gasteiger partial charge in [0.05, 0.1) is 19.8 Å². The molecule has 0 spiro atoms. The average molecular weight is 291 g/mol. The molecular weight excluding hydrogens is 270 g/mol. The van der Waals surface area contributed by atoms with Gasteiger partial charge in [0.1, 0.15) is 18.3 Å². The molecule has 6 heteroatoms. The van der Waals surface area contributed by atoms with Crippen molar-refractivity contribution in [3.05, 3.63) is 33.4 Å². The summed E-state index contributed by atoms with van der Waals surface area (Å²) in [6, 6.07) is 0. The lowest BCUT2D eigenvalue weighted by atomic mass is 9.82. The summed E-state index contributed by atoms with van der Waals surface area (Å²) in [5.41, 5.74) is 25.0. The van der Waals surface area contributed by atoms with E-state index in [0.717, 1.165) is 53.2 Å². The van der Waals surface area contributed by atoms with Crippen molar-refractivity contribution < 1.29 is 14.2 Å². The summed E-state index contributed by atoms with van der Waals surface area (Å²) in [5, 5.41) is 0. The number of rotatable bonds is 6. The van der Waals surface area contributed by atoms with Crippen LogP contribution in [-0.4, -0.2) is 19.8 Å². The highest BCUT2D eigenvalue weighted by molar-refractivity contribution is 5.56. The largest absolute Gasteiger partial charge is 0.368 e. The molecule has 21 heavy (non-hydrogen) atoms. The van der Waals surface area contributed by atoms with E-state index in [-0.39, 0.29) is 18.3 Å². The van der Waals surface area contributed by atoms with Crippen LogP contribution in [0, 0.1) is 0 Å². The van der Waals surface area contributed by atoms with Crippen molar-refractivity contribution in [2.24, 2.45) is 17.2 Å². The van der Waals surface area contributed by atoms with Gasteiger partial charge in [0, 0.05) is 19.6 Å². The van der Waals surface area contributed by atoms with Gasteiger partial charge in [-0.2, -0.15) is 0 Å². The van der Waals surface area contributed by atoms with E-state index >= 15 is 0 Å². The number of hydrogen-bond acceptors (Lipinski definition) is 6. The Morgan fingerprint density at radius 3 is 1.00 bits per heavy atom. The summed E-state index contributed by atoms with van der Waals surface area (Å²) in [4.78, 5) is 0. The van der Waals surface area contributed by atoms with E-state index < -0.39 is 0 Å². The first kappa shape index (κ1) is 13.6. The van der Waals surface area contributed by atoms with Crippen molar-refractivity contribution >= 4 is 0 Å². The fourth-order valence-corrected chi connectivity index (χ4v) is 3.45. The van der Waals surface area contributed by atoms with E-state index in [1.54, 1.807) is 0 Å². The van der Waals surface area contributed by atoms with Gasteiger partial charge in [0.25, 0.3) is 0 Å². The highest BCUT2D eigenvalue weighted by Crippen LogP contribution is 2.48. The first-order chi connectivity index (χ1) is 10.3. The Bertz CT molecular complexity index is 476. The molecule has 1 aromatic rings. The lowest BCUT2D eigenvalue weighted by Gasteiger charge is -2.23. The minimum absolute atomic E-state index is 0.115. The Morgan fingerprint density at radius 2 is 0.857 bits per heavy atom. The molecule has 3 fully saturated rings. The Morgan fingerprint density at radius 1 is 0.619 bits per heavy atom. The van der Waals surface area contributed by atoms with Gasteiger partial charge in [-0.05, 0) is 33.4 Å². The van der Waals surface area contributed by atoms with Gasteiger partial charge in [-0.15, -0.1) is 0 Å². The summed E-state index contributed by atoms with van der Waals surface area (Å²) in [6.45, 7) is 3.57. The first-order valence-electron chi connectivity index (χ1n) is 7.45. The molecule has 114 valence electrons. The van der Waals surface area contributed by atoms with E-state index in [0.29, 0.717) is 19.6 Å². The summed E-state index contributed by atoms with van der Waals surface area (Å²) in [5.74, 6) is 0. The van der Waals surface area contributed by atoms with Gasteiger partial charge < -0.3 is 31.4 Å². The monoisotopic (exact) mass is 291 g/mol. The lowest BCUT2D eigenvalue weighted by Crippen LogP contribution is -2.19. The molecule has 3 heterocycles. The van der Waals surface area contributed by atoms with E-state index in [4.69, 9.17) is 31.4 Å². The van der Waals surface area contributed by atoms with Crippen LogP contribution >= 0.6 is 0 Å². The van der Waals surface area contributed by atoms with Gasteiger partial charge in [-0.3, -0.25) is 0 Å². The highest BCUT2D eigenvalue weighted by Gasteiger charge is 2.41. The maximum atomic E-state index is 6.05. The zero-order valence-electron chi connectivity index (χ0n) is 11.9. The van der Waals surface area contributed by atoms with Crippen molar-refractivity contribution in [1.82, 2.24) is 0 Å². The molecule has 0 bridgehead atoms. The van der Waals surface area contributed by atoms with Crippen molar-refractivity contribution in [3.63, 3.8) is 0 Å². The third-order valence-electron chi connectivity index (χ3n) is 4.53. The Kier molecular flexibility index (Phi) is 3.25. The molecule has 0 amide bonds. The van der Waals surface area contributed by atoms with E-state index in [1.807, 2.05) is 0 Å². The van der Waals surface area contributed by atoms with Crippen LogP contribution in [0.15, 0.2) is 0 Å². The maximum absolute atomic E-state index is 6.05. The average Bonchev–Trinajstić information content (AvgIpc) is 3.38. The van der Waals surface area contributed by atoms with Crippen LogP contribution in [0.5, 0.6) is 0 Å². The second kappa shape index (κ2) is 5.01. The Balaban J connectivity index is 2.00. The van der Waals surface area contributed by atoms with E-state index in [2.05, 4.69) is 0 Å². The van der Waals surface area contributed by atoms with Crippen molar-refractivity contribution in [1.29, 1.82) is 0 Å². The lowest BCUT2D eigenvalue weighted by molar-refractivity contribution is 0.399. The number of hydrogen-bond donors (Lipinski definition) is 3. The fraction of sp³-hybridized carbons (Fsp3) is 0.600. The van der Waals surface area contributed by atoms with Crippen LogP contribution in [0.1, 0.15) is 51.7 Å². The van der Waals surface area contributed by atoms with Crippen LogP contribution in [0.25, 0.3) is 0 Å². The molecule has 6 N–H and O–H groups in total. The van der Waals surface area contributed by atoms with Gasteiger partial charge in [-0.25, -0.2) is 0 Å². The van der Waals surface area contributed by atoms with Gasteiger partial charge >= 0.3 is 0 Å². The van der Waals surface area contributed by atoms with Crippen molar-refractivity contribution in [2.45, 2.75) is 37.9 Å². The standard InChI is InChI=1S/C15H21N3O3/c16-1-7-13(10-4-19-10)8(2-17)15(12-6-21-12)9(3-18)14(7)11-5-20-11/h10-12H,1-6,16-18H2/t10-,11-,12+/m1/s1. The molecule has 1 aromatic carbocycles. The number of benzene rings is 1. The SMILES string of the molecule is NCc1c([C@@H]2CO2)c(CN)c([C@H]2CO2)c(CN)c1[C@H]1CO1. The summed E-state index contributed by atoms with van der Waals surface area (Å²) >= 11 is 0. The first-order valence-corrected chi connectivity index (χ1v) is 7.45. The molecule has 3 aliphatic heterocycles. The van der Waals surface area contributed by atoms with E-state index in [1.165, 1.54) is 0 Å². The van der Waals surface area contributed by atoms with Crippen LogP contribution in [-0.2, 0) is 33.8 Å². The minimum Gasteiger partial charge on any atom is -0.368 e. The van der Waals surface area contributed by atoms with Crippen molar-refractivity contribution in [3.8, 4) is 0 Å². The quantitative estimate of drug-likeness (QED) is 0.648. The van der Waals surface area contributed by atoms with Gasteiger partial charge in [0.2, 0.25) is 0 Å². The second-order valence-corrected chi connectivity index (χ2v) is 5.75. The highest BCUT2D eigenvalue weighted by atomic mass is 16.6. The van der Waals surface area contributed by atoms with Crippen LogP contribution in [0.2, 0.25) is 0 Å². The molecule has 3 aliphatic rings. The van der Waals surface area contributed by atoms with Crippen LogP contribution < -0.4 is 17.2 Å². The minimum atomic E-state index is 0.115. The predicted octanol–water partition coefficient (Wildman–Crippen LogP) is 0.277. The predicted molar refractivity (Wildman–Crippen MR) is 76.2 cm³/mol. The summed E-state index contributed by atoms with van der Waals surface area (Å²) in [7, 11) is 0. The summed E-state index contributed by atoms with van der Waals surface area (Å²) in [6.07, 6.45) is 0.344. The number of epoxide rings is 3. The zero-order chi connectivity index (χ0) is 14.6. The van der Waals surface area contributed by atoms with E-state index in [9.17, 15) is 0 Å². The third-order valence-corrected chi connectivity index (χ3v) is 4.53. The third kappa shape index (κ3) is 2.19. The number of nitrogens with two attached hydrogens (primary N) is 3. The van der Waals surface area contributed by atoms with Crippen LogP contribution in [0.4, 0.5) is 0 Å². The maximum Gasteiger partial charge on any atom is 0.107 e. The molecule has 3 atom stereocenters. The molecule has 0 radical (unpaired) electrons. The fourth-order valence-electron chi connectivity index (χ4n) is 3.45. The summed E-state index contributed by atoms with van der Waals surface area (Å²) < 4.78 is 16.6. The molecule has 0 aromatic heterocycles. The normalized spacial score (nSPS) is 29.6. The molecule has 0 aliphatic carbocycles. The molecule has 3 saturated heterocycles. The van der Waals surface area contributed by atoms with Crippen LogP contribution in [0.3, 0.4) is 0 Å². The number of ether oxygens (including phenoxy) is 3.